The number of methoxy groups -OCH3 is 1. The highest BCUT2D eigenvalue weighted by Crippen LogP contribution is 2.47. The SMILES string of the molecule is COC(=O)CCS(O)(O)N1CC[C@@H](NC(=O)c2cc(C3CC3)on2)C[C@@H]1C.[HH]. The van der Waals surface area contributed by atoms with Crippen molar-refractivity contribution >= 4 is 22.7 Å². The molecular weight excluding hydrogens is 374 g/mol. The van der Waals surface area contributed by atoms with Gasteiger partial charge in [-0.1, -0.05) is 5.16 Å². The van der Waals surface area contributed by atoms with Gasteiger partial charge in [0.1, 0.15) is 5.76 Å². The maximum absolute atomic E-state index is 12.4. The summed E-state index contributed by atoms with van der Waals surface area (Å²) in [5.41, 5.74) is 0.286. The topological polar surface area (TPSA) is 125 Å². The zero-order chi connectivity index (χ0) is 19.6. The third-order valence-corrected chi connectivity index (χ3v) is 7.12. The first-order chi connectivity index (χ1) is 12.8. The van der Waals surface area contributed by atoms with Crippen LogP contribution in [0.1, 0.15) is 62.6 Å². The molecule has 2 aliphatic rings. The highest BCUT2D eigenvalue weighted by molar-refractivity contribution is 8.22. The number of hydrogen-bond acceptors (Lipinski definition) is 8. The average molecular weight is 404 g/mol. The van der Waals surface area contributed by atoms with Crippen LogP contribution in [-0.4, -0.2) is 61.9 Å². The number of piperidine rings is 1. The van der Waals surface area contributed by atoms with Gasteiger partial charge in [0.25, 0.3) is 5.91 Å². The average Bonchev–Trinajstić information content (AvgIpc) is 3.36. The highest BCUT2D eigenvalue weighted by Gasteiger charge is 2.35. The molecule has 1 aliphatic carbocycles. The molecule has 1 saturated carbocycles. The van der Waals surface area contributed by atoms with E-state index < -0.39 is 16.7 Å². The predicted molar refractivity (Wildman–Crippen MR) is 102 cm³/mol. The molecule has 1 aromatic rings. The summed E-state index contributed by atoms with van der Waals surface area (Å²) < 4.78 is 32.2. The maximum atomic E-state index is 12.4. The molecule has 2 atom stereocenters. The van der Waals surface area contributed by atoms with Crippen molar-refractivity contribution in [2.75, 3.05) is 19.4 Å². The number of ether oxygens (including phenoxy) is 1. The van der Waals surface area contributed by atoms with E-state index in [9.17, 15) is 18.7 Å². The summed E-state index contributed by atoms with van der Waals surface area (Å²) in [5.74, 6) is 0.376. The lowest BCUT2D eigenvalue weighted by Crippen LogP contribution is -2.50. The number of nitrogens with zero attached hydrogens (tertiary/aromatic N) is 2. The molecule has 9 nitrogen and oxygen atoms in total. The Morgan fingerprint density at radius 3 is 2.81 bits per heavy atom. The summed E-state index contributed by atoms with van der Waals surface area (Å²) in [6.45, 7) is 2.30. The minimum atomic E-state index is -3.05. The van der Waals surface area contributed by atoms with Crippen molar-refractivity contribution in [3.05, 3.63) is 17.5 Å². The molecule has 27 heavy (non-hydrogen) atoms. The van der Waals surface area contributed by atoms with Gasteiger partial charge in [-0.3, -0.25) is 18.7 Å². The van der Waals surface area contributed by atoms with Gasteiger partial charge in [0.05, 0.1) is 19.3 Å². The van der Waals surface area contributed by atoms with Gasteiger partial charge >= 0.3 is 5.97 Å². The third kappa shape index (κ3) is 5.01. The first-order valence-corrected chi connectivity index (χ1v) is 10.8. The summed E-state index contributed by atoms with van der Waals surface area (Å²) in [6, 6.07) is 1.47. The van der Waals surface area contributed by atoms with E-state index in [-0.39, 0.29) is 37.3 Å². The summed E-state index contributed by atoms with van der Waals surface area (Å²) in [7, 11) is -1.78. The number of rotatable bonds is 7. The van der Waals surface area contributed by atoms with Crippen molar-refractivity contribution in [2.45, 2.75) is 57.0 Å². The van der Waals surface area contributed by atoms with Crippen LogP contribution in [0.5, 0.6) is 0 Å². The molecule has 1 saturated heterocycles. The zero-order valence-corrected chi connectivity index (χ0v) is 16.4. The number of hydrogen-bond donors (Lipinski definition) is 3. The largest absolute Gasteiger partial charge is 0.469 e. The van der Waals surface area contributed by atoms with Crippen molar-refractivity contribution < 1.29 is 29.4 Å². The second-order valence-electron chi connectivity index (χ2n) is 7.24. The molecule has 2 fully saturated rings. The second kappa shape index (κ2) is 8.17. The first kappa shape index (κ1) is 20.1. The number of nitrogens with one attached hydrogen (secondary N) is 1. The Morgan fingerprint density at radius 2 is 2.19 bits per heavy atom. The molecule has 2 heterocycles. The Kier molecular flexibility index (Phi) is 6.09. The second-order valence-corrected chi connectivity index (χ2v) is 9.38. The number of aromatic nitrogens is 1. The lowest BCUT2D eigenvalue weighted by Gasteiger charge is -2.49. The van der Waals surface area contributed by atoms with Crippen LogP contribution in [0.4, 0.5) is 0 Å². The van der Waals surface area contributed by atoms with Crippen molar-refractivity contribution in [1.29, 1.82) is 0 Å². The van der Waals surface area contributed by atoms with Crippen molar-refractivity contribution in [1.82, 2.24) is 14.8 Å². The number of esters is 1. The zero-order valence-electron chi connectivity index (χ0n) is 15.6. The molecular formula is C17H29N3O6S. The number of amides is 1. The Hall–Kier alpha value is -1.62. The van der Waals surface area contributed by atoms with E-state index in [1.54, 1.807) is 10.4 Å². The van der Waals surface area contributed by atoms with Gasteiger partial charge in [-0.15, -0.1) is 10.8 Å². The van der Waals surface area contributed by atoms with Crippen LogP contribution >= 0.6 is 10.8 Å². The van der Waals surface area contributed by atoms with Gasteiger partial charge < -0.3 is 14.6 Å². The molecule has 0 aromatic carbocycles. The fourth-order valence-corrected chi connectivity index (χ4v) is 5.11. The third-order valence-electron chi connectivity index (χ3n) is 5.07. The molecule has 154 valence electrons. The maximum Gasteiger partial charge on any atom is 0.307 e. The Labute approximate surface area is 161 Å². The van der Waals surface area contributed by atoms with Gasteiger partial charge in [-0.05, 0) is 32.6 Å². The molecule has 0 bridgehead atoms. The van der Waals surface area contributed by atoms with E-state index in [2.05, 4.69) is 15.2 Å². The Balaban J connectivity index is 0.00000280. The van der Waals surface area contributed by atoms with E-state index in [4.69, 9.17) is 4.52 Å². The molecule has 3 N–H and O–H groups in total. The summed E-state index contributed by atoms with van der Waals surface area (Å²) in [6.07, 6.45) is 3.27. The van der Waals surface area contributed by atoms with Crippen LogP contribution in [0, 0.1) is 0 Å². The van der Waals surface area contributed by atoms with Crippen LogP contribution in [-0.2, 0) is 9.53 Å². The highest BCUT2D eigenvalue weighted by atomic mass is 32.3. The van der Waals surface area contributed by atoms with Crippen LogP contribution in [0.25, 0.3) is 0 Å². The lowest BCUT2D eigenvalue weighted by molar-refractivity contribution is -0.140. The lowest BCUT2D eigenvalue weighted by atomic mass is 10.0. The van der Waals surface area contributed by atoms with Crippen molar-refractivity contribution in [2.24, 2.45) is 0 Å². The standard InChI is InChI=1S/C17H27N3O6S.H2/c1-11-9-13(5-7-20(11)27(23,24)8-6-16(21)25-2)18-17(22)14-10-15(26-19-14)12-3-4-12;/h10-13,23-24H,3-9H2,1-2H3,(H,18,22);1H/t11-,13+;/m0./s1. The molecule has 0 unspecified atom stereocenters. The molecule has 1 aromatic heterocycles. The first-order valence-electron chi connectivity index (χ1n) is 9.17. The van der Waals surface area contributed by atoms with Gasteiger partial charge in [-0.2, -0.15) is 0 Å². The van der Waals surface area contributed by atoms with E-state index in [1.165, 1.54) is 7.11 Å². The fraction of sp³-hybridized carbons (Fsp3) is 0.706. The predicted octanol–water partition coefficient (Wildman–Crippen LogP) is 2.61. The molecule has 1 aliphatic heterocycles. The van der Waals surface area contributed by atoms with E-state index in [1.807, 2.05) is 6.92 Å². The van der Waals surface area contributed by atoms with Gasteiger partial charge in [0.2, 0.25) is 0 Å². The molecule has 10 heteroatoms. The van der Waals surface area contributed by atoms with E-state index in [0.29, 0.717) is 25.3 Å². The molecule has 1 amide bonds. The summed E-state index contributed by atoms with van der Waals surface area (Å²) >= 11 is 0. The Bertz CT molecular complexity index is 696. The van der Waals surface area contributed by atoms with Gasteiger partial charge in [0, 0.05) is 32.0 Å². The normalized spacial score (nSPS) is 24.4. The van der Waals surface area contributed by atoms with Gasteiger partial charge in [0.15, 0.2) is 5.69 Å². The van der Waals surface area contributed by atoms with Crippen LogP contribution < -0.4 is 5.32 Å². The van der Waals surface area contributed by atoms with Crippen LogP contribution in [0.15, 0.2) is 10.6 Å². The number of carbonyl (C=O) groups excluding carboxylic acids is 2. The van der Waals surface area contributed by atoms with Crippen molar-refractivity contribution in [3.63, 3.8) is 0 Å². The summed E-state index contributed by atoms with van der Waals surface area (Å²) in [5, 5.41) is 6.80. The quantitative estimate of drug-likeness (QED) is 0.593. The minimum absolute atomic E-state index is 0. The summed E-state index contributed by atoms with van der Waals surface area (Å²) in [4.78, 5) is 23.6. The number of carbonyl (C=O) groups is 2. The monoisotopic (exact) mass is 403 g/mol. The smallest absolute Gasteiger partial charge is 0.307 e. The van der Waals surface area contributed by atoms with Crippen LogP contribution in [0.3, 0.4) is 0 Å². The molecule has 3 rings (SSSR count). The fourth-order valence-electron chi connectivity index (χ4n) is 3.37. The Morgan fingerprint density at radius 1 is 1.44 bits per heavy atom. The van der Waals surface area contributed by atoms with Crippen molar-refractivity contribution in [3.8, 4) is 0 Å². The van der Waals surface area contributed by atoms with E-state index in [0.717, 1.165) is 18.6 Å². The van der Waals surface area contributed by atoms with E-state index >= 15 is 0 Å². The van der Waals surface area contributed by atoms with Gasteiger partial charge in [-0.25, -0.2) is 4.31 Å². The minimum Gasteiger partial charge on any atom is -0.469 e. The van der Waals surface area contributed by atoms with Crippen LogP contribution in [0.2, 0.25) is 0 Å². The molecule has 0 spiro atoms. The molecule has 0 radical (unpaired) electrons.